The van der Waals surface area contributed by atoms with Gasteiger partial charge in [-0.15, -0.1) is 0 Å². The summed E-state index contributed by atoms with van der Waals surface area (Å²) >= 11 is 6.19. The van der Waals surface area contributed by atoms with Gasteiger partial charge in [0.05, 0.1) is 12.7 Å². The second-order valence-corrected chi connectivity index (χ2v) is 6.50. The highest BCUT2D eigenvalue weighted by Gasteiger charge is 2.27. The van der Waals surface area contributed by atoms with E-state index in [9.17, 15) is 5.11 Å². The van der Waals surface area contributed by atoms with Crippen LogP contribution in [0.25, 0.3) is 0 Å². The van der Waals surface area contributed by atoms with Crippen molar-refractivity contribution < 1.29 is 9.84 Å². The summed E-state index contributed by atoms with van der Waals surface area (Å²) in [5, 5.41) is 11.1. The van der Waals surface area contributed by atoms with Crippen LogP contribution < -0.4 is 0 Å². The van der Waals surface area contributed by atoms with Gasteiger partial charge in [0.25, 0.3) is 0 Å². The maximum absolute atomic E-state index is 10.5. The first-order valence-electron chi connectivity index (χ1n) is 8.62. The molecule has 130 valence electrons. The molecule has 1 heterocycles. The van der Waals surface area contributed by atoms with Crippen molar-refractivity contribution in [3.05, 3.63) is 34.9 Å². The van der Waals surface area contributed by atoms with E-state index >= 15 is 0 Å². The Morgan fingerprint density at radius 1 is 1.30 bits per heavy atom. The van der Waals surface area contributed by atoms with Gasteiger partial charge in [0, 0.05) is 56.0 Å². The first kappa shape index (κ1) is 18.7. The smallest absolute Gasteiger partial charge is 0.0931 e. The van der Waals surface area contributed by atoms with Gasteiger partial charge in [-0.3, -0.25) is 9.80 Å². The molecule has 0 amide bonds. The third-order valence-corrected chi connectivity index (χ3v) is 4.93. The van der Waals surface area contributed by atoms with Crippen molar-refractivity contribution >= 4 is 11.6 Å². The van der Waals surface area contributed by atoms with E-state index in [-0.39, 0.29) is 0 Å². The molecule has 0 saturated carbocycles. The second kappa shape index (κ2) is 9.60. The maximum Gasteiger partial charge on any atom is 0.0931 e. The predicted octanol–water partition coefficient (Wildman–Crippen LogP) is 2.81. The molecule has 1 aromatic carbocycles. The molecule has 0 spiro atoms. The van der Waals surface area contributed by atoms with Crippen LogP contribution in [0.2, 0.25) is 5.02 Å². The van der Waals surface area contributed by atoms with E-state index in [0.29, 0.717) is 17.6 Å². The van der Waals surface area contributed by atoms with Crippen LogP contribution in [0.4, 0.5) is 0 Å². The van der Waals surface area contributed by atoms with Crippen LogP contribution in [0, 0.1) is 0 Å². The number of nitrogens with zero attached hydrogens (tertiary/aromatic N) is 2. The van der Waals surface area contributed by atoms with Gasteiger partial charge in [-0.2, -0.15) is 0 Å². The standard InChI is InChI=1S/C18H29ClN2O2/c1-3-15-13-20(9-10-21(15)11-12-23-4-2)14-18(22)16-7-5-6-8-17(16)19/h5-8,15,18,22H,3-4,9-14H2,1-2H3. The van der Waals surface area contributed by atoms with E-state index in [2.05, 4.69) is 16.7 Å². The Bertz CT molecular complexity index is 472. The van der Waals surface area contributed by atoms with Gasteiger partial charge < -0.3 is 9.84 Å². The lowest BCUT2D eigenvalue weighted by molar-refractivity contribution is 0.0213. The van der Waals surface area contributed by atoms with Crippen LogP contribution >= 0.6 is 11.6 Å². The summed E-state index contributed by atoms with van der Waals surface area (Å²) in [4.78, 5) is 4.85. The van der Waals surface area contributed by atoms with E-state index < -0.39 is 6.10 Å². The van der Waals surface area contributed by atoms with E-state index in [1.54, 1.807) is 0 Å². The van der Waals surface area contributed by atoms with Gasteiger partial charge in [0.1, 0.15) is 0 Å². The lowest BCUT2D eigenvalue weighted by Gasteiger charge is -2.41. The molecule has 2 unspecified atom stereocenters. The second-order valence-electron chi connectivity index (χ2n) is 6.09. The van der Waals surface area contributed by atoms with Crippen molar-refractivity contribution in [2.24, 2.45) is 0 Å². The Balaban J connectivity index is 1.87. The number of halogens is 1. The van der Waals surface area contributed by atoms with E-state index in [1.807, 2.05) is 31.2 Å². The van der Waals surface area contributed by atoms with Gasteiger partial charge in [-0.25, -0.2) is 0 Å². The Labute approximate surface area is 145 Å². The Morgan fingerprint density at radius 3 is 2.78 bits per heavy atom. The zero-order valence-electron chi connectivity index (χ0n) is 14.2. The molecule has 1 aromatic rings. The average Bonchev–Trinajstić information content (AvgIpc) is 2.56. The van der Waals surface area contributed by atoms with E-state index in [1.165, 1.54) is 0 Å². The fraction of sp³-hybridized carbons (Fsp3) is 0.667. The molecule has 1 saturated heterocycles. The number of aliphatic hydroxyl groups is 1. The first-order chi connectivity index (χ1) is 11.2. The zero-order chi connectivity index (χ0) is 16.7. The number of piperazine rings is 1. The summed E-state index contributed by atoms with van der Waals surface area (Å²) in [6.45, 7) is 10.5. The third kappa shape index (κ3) is 5.44. The topological polar surface area (TPSA) is 35.9 Å². The Morgan fingerprint density at radius 2 is 2.09 bits per heavy atom. The minimum atomic E-state index is -0.531. The Hall–Kier alpha value is -0.650. The molecule has 4 nitrogen and oxygen atoms in total. The summed E-state index contributed by atoms with van der Waals surface area (Å²) in [6, 6.07) is 8.08. The summed E-state index contributed by atoms with van der Waals surface area (Å²) in [7, 11) is 0. The maximum atomic E-state index is 10.5. The summed E-state index contributed by atoms with van der Waals surface area (Å²) in [5.41, 5.74) is 0.820. The quantitative estimate of drug-likeness (QED) is 0.738. The lowest BCUT2D eigenvalue weighted by atomic mass is 10.1. The third-order valence-electron chi connectivity index (χ3n) is 4.58. The van der Waals surface area contributed by atoms with Crippen molar-refractivity contribution in [3.8, 4) is 0 Å². The van der Waals surface area contributed by atoms with Gasteiger partial charge >= 0.3 is 0 Å². The normalized spacial score (nSPS) is 21.5. The molecule has 0 radical (unpaired) electrons. The van der Waals surface area contributed by atoms with Crippen molar-refractivity contribution in [2.45, 2.75) is 32.4 Å². The molecule has 2 atom stereocenters. The summed E-state index contributed by atoms with van der Waals surface area (Å²) in [5.74, 6) is 0. The number of hydrogen-bond acceptors (Lipinski definition) is 4. The van der Waals surface area contributed by atoms with Gasteiger partial charge in [0.15, 0.2) is 0 Å². The molecule has 2 rings (SSSR count). The largest absolute Gasteiger partial charge is 0.387 e. The van der Waals surface area contributed by atoms with Crippen LogP contribution in [-0.4, -0.2) is 66.9 Å². The molecular weight excluding hydrogens is 312 g/mol. The molecule has 0 bridgehead atoms. The van der Waals surface area contributed by atoms with Crippen molar-refractivity contribution in [3.63, 3.8) is 0 Å². The number of rotatable bonds is 8. The highest BCUT2D eigenvalue weighted by Crippen LogP contribution is 2.24. The molecular formula is C18H29ClN2O2. The first-order valence-corrected chi connectivity index (χ1v) is 9.00. The van der Waals surface area contributed by atoms with Crippen LogP contribution in [-0.2, 0) is 4.74 Å². The van der Waals surface area contributed by atoms with Crippen LogP contribution in [0.15, 0.2) is 24.3 Å². The summed E-state index contributed by atoms with van der Waals surface area (Å²) in [6.07, 6.45) is 0.585. The number of ether oxygens (including phenoxy) is 1. The van der Waals surface area contributed by atoms with Gasteiger partial charge in [-0.1, -0.05) is 36.7 Å². The minimum absolute atomic E-state index is 0.530. The van der Waals surface area contributed by atoms with Crippen LogP contribution in [0.5, 0.6) is 0 Å². The molecule has 1 aliphatic heterocycles. The fourth-order valence-corrected chi connectivity index (χ4v) is 3.48. The number of aliphatic hydroxyl groups excluding tert-OH is 1. The monoisotopic (exact) mass is 340 g/mol. The molecule has 0 aliphatic carbocycles. The Kier molecular flexibility index (Phi) is 7.80. The average molecular weight is 341 g/mol. The van der Waals surface area contributed by atoms with Crippen molar-refractivity contribution in [1.29, 1.82) is 0 Å². The van der Waals surface area contributed by atoms with Crippen LogP contribution in [0.1, 0.15) is 31.9 Å². The van der Waals surface area contributed by atoms with E-state index in [0.717, 1.165) is 51.4 Å². The molecule has 1 N–H and O–H groups in total. The highest BCUT2D eigenvalue weighted by molar-refractivity contribution is 6.31. The molecule has 0 aromatic heterocycles. The lowest BCUT2D eigenvalue weighted by Crippen LogP contribution is -2.54. The number of benzene rings is 1. The SMILES string of the molecule is CCOCCN1CCN(CC(O)c2ccccc2Cl)CC1CC. The molecule has 1 fully saturated rings. The minimum Gasteiger partial charge on any atom is -0.387 e. The fourth-order valence-electron chi connectivity index (χ4n) is 3.22. The van der Waals surface area contributed by atoms with Crippen LogP contribution in [0.3, 0.4) is 0 Å². The van der Waals surface area contributed by atoms with Crippen molar-refractivity contribution in [1.82, 2.24) is 9.80 Å². The number of β-amino-alcohol motifs (C(OH)–C–C–N with tert-alkyl or cyclic N) is 1. The summed E-state index contributed by atoms with van der Waals surface area (Å²) < 4.78 is 5.48. The predicted molar refractivity (Wildman–Crippen MR) is 95.0 cm³/mol. The van der Waals surface area contributed by atoms with Gasteiger partial charge in [0.2, 0.25) is 0 Å². The molecule has 5 heteroatoms. The molecule has 23 heavy (non-hydrogen) atoms. The van der Waals surface area contributed by atoms with E-state index in [4.69, 9.17) is 16.3 Å². The molecule has 1 aliphatic rings. The number of hydrogen-bond donors (Lipinski definition) is 1. The zero-order valence-corrected chi connectivity index (χ0v) is 15.0. The van der Waals surface area contributed by atoms with Crippen molar-refractivity contribution in [2.75, 3.05) is 45.9 Å². The highest BCUT2D eigenvalue weighted by atomic mass is 35.5. The van der Waals surface area contributed by atoms with Gasteiger partial charge in [-0.05, 0) is 19.4 Å².